The number of esters is 1. The zero-order chi connectivity index (χ0) is 19.6. The summed E-state index contributed by atoms with van der Waals surface area (Å²) in [6, 6.07) is 27.5. The Morgan fingerprint density at radius 2 is 1.71 bits per heavy atom. The Morgan fingerprint density at radius 1 is 0.964 bits per heavy atom. The van der Waals surface area contributed by atoms with Crippen LogP contribution in [0.5, 0.6) is 0 Å². The van der Waals surface area contributed by atoms with Crippen LogP contribution in [-0.4, -0.2) is 5.97 Å². The first-order valence-corrected chi connectivity index (χ1v) is 10.3. The predicted molar refractivity (Wildman–Crippen MR) is 116 cm³/mol. The van der Waals surface area contributed by atoms with Crippen LogP contribution in [0.3, 0.4) is 0 Å². The number of rotatable bonds is 4. The van der Waals surface area contributed by atoms with E-state index in [0.29, 0.717) is 5.56 Å². The Labute approximate surface area is 167 Å². The van der Waals surface area contributed by atoms with Gasteiger partial charge >= 0.3 is 5.97 Å². The number of terminal acetylenes is 1. The van der Waals surface area contributed by atoms with E-state index in [1.807, 2.05) is 60.7 Å². The molecule has 0 bridgehead atoms. The van der Waals surface area contributed by atoms with Gasteiger partial charge < -0.3 is 4.74 Å². The van der Waals surface area contributed by atoms with Gasteiger partial charge in [-0.1, -0.05) is 54.5 Å². The first-order valence-electron chi connectivity index (χ1n) is 8.98. The van der Waals surface area contributed by atoms with Gasteiger partial charge in [0.25, 0.3) is 0 Å². The van der Waals surface area contributed by atoms with Gasteiger partial charge in [0.15, 0.2) is 15.2 Å². The molecule has 2 atom stereocenters. The summed E-state index contributed by atoms with van der Waals surface area (Å²) < 4.78 is 7.03. The van der Waals surface area contributed by atoms with Crippen LogP contribution >= 0.6 is 10.5 Å². The minimum absolute atomic E-state index is 0.182. The highest BCUT2D eigenvalue weighted by atomic mass is 32.2. The van der Waals surface area contributed by atoms with Crippen LogP contribution < -0.4 is 0 Å². The first-order chi connectivity index (χ1) is 13.6. The van der Waals surface area contributed by atoms with Gasteiger partial charge in [-0.15, -0.1) is 6.42 Å². The van der Waals surface area contributed by atoms with E-state index in [1.54, 1.807) is 13.0 Å². The molecule has 1 heterocycles. The molecule has 4 aromatic rings. The molecule has 0 aliphatic rings. The smallest absolute Gasteiger partial charge is 0.340 e. The maximum atomic E-state index is 12.9. The van der Waals surface area contributed by atoms with Gasteiger partial charge in [-0.05, 0) is 31.2 Å². The van der Waals surface area contributed by atoms with E-state index < -0.39 is 11.6 Å². The maximum absolute atomic E-state index is 12.9. The summed E-state index contributed by atoms with van der Waals surface area (Å²) in [6.45, 7) is 1.74. The van der Waals surface area contributed by atoms with E-state index in [9.17, 15) is 4.79 Å². The van der Waals surface area contributed by atoms with Crippen LogP contribution in [0, 0.1) is 12.3 Å². The van der Waals surface area contributed by atoms with Crippen molar-refractivity contribution < 1.29 is 9.53 Å². The number of hydrogen-bond donors (Lipinski definition) is 0. The van der Waals surface area contributed by atoms with Crippen molar-refractivity contribution in [2.45, 2.75) is 12.5 Å². The number of thiophene rings is 1. The van der Waals surface area contributed by atoms with Gasteiger partial charge in [-0.2, -0.15) is 0 Å². The summed E-state index contributed by atoms with van der Waals surface area (Å²) in [6.07, 6.45) is 5.71. The van der Waals surface area contributed by atoms with Crippen LogP contribution in [0.1, 0.15) is 22.8 Å². The average Bonchev–Trinajstić information content (AvgIpc) is 3.18. The number of hydrogen-bond acceptors (Lipinski definition) is 2. The highest BCUT2D eigenvalue weighted by Crippen LogP contribution is 2.40. The van der Waals surface area contributed by atoms with E-state index in [2.05, 4.69) is 29.5 Å². The Bertz CT molecular complexity index is 1180. The van der Waals surface area contributed by atoms with Crippen molar-refractivity contribution >= 4 is 26.5 Å². The molecule has 0 spiro atoms. The fraction of sp³-hybridized carbons (Fsp3) is 0.0800. The Hall–Kier alpha value is -3.35. The van der Waals surface area contributed by atoms with Gasteiger partial charge in [0.1, 0.15) is 5.38 Å². The molecule has 0 amide bonds. The number of ether oxygens (including phenoxy) is 1. The van der Waals surface area contributed by atoms with Crippen LogP contribution in [0.25, 0.3) is 15.0 Å². The zero-order valence-electron chi connectivity index (χ0n) is 15.5. The highest BCUT2D eigenvalue weighted by Gasteiger charge is 2.29. The molecule has 0 N–H and O–H groups in total. The lowest BCUT2D eigenvalue weighted by molar-refractivity contribution is 0.0129. The molecule has 3 heteroatoms. The van der Waals surface area contributed by atoms with Crippen molar-refractivity contribution in [2.24, 2.45) is 0 Å². The van der Waals surface area contributed by atoms with Crippen molar-refractivity contribution in [3.8, 4) is 17.2 Å². The number of fused-ring (bicyclic) bond motifs is 1. The fourth-order valence-corrected chi connectivity index (χ4v) is 5.11. The first kappa shape index (κ1) is 18.0. The van der Waals surface area contributed by atoms with Crippen molar-refractivity contribution in [2.75, 3.05) is 0 Å². The molecule has 0 aliphatic heterocycles. The Kier molecular flexibility index (Phi) is 4.73. The second-order valence-electron chi connectivity index (χ2n) is 6.64. The summed E-state index contributed by atoms with van der Waals surface area (Å²) >= 11 is 0. The third-order valence-corrected chi connectivity index (χ3v) is 6.78. The third kappa shape index (κ3) is 3.31. The van der Waals surface area contributed by atoms with E-state index in [0.717, 1.165) is 10.5 Å². The second-order valence-corrected chi connectivity index (χ2v) is 8.50. The summed E-state index contributed by atoms with van der Waals surface area (Å²) in [5.41, 5.74) is 0.160. The minimum atomic E-state index is -1.11. The van der Waals surface area contributed by atoms with Crippen molar-refractivity contribution in [3.05, 3.63) is 101 Å². The normalized spacial score (nSPS) is 13.5. The van der Waals surface area contributed by atoms with Gasteiger partial charge in [0.05, 0.1) is 5.56 Å². The minimum Gasteiger partial charge on any atom is -0.438 e. The summed E-state index contributed by atoms with van der Waals surface area (Å²) in [7, 11) is -0.182. The lowest BCUT2D eigenvalue weighted by Gasteiger charge is -2.24. The van der Waals surface area contributed by atoms with Gasteiger partial charge in [-0.25, -0.2) is 4.79 Å². The number of carbonyl (C=O) groups excluding carboxylic acids is 1. The molecule has 3 aromatic carbocycles. The molecule has 2 nitrogen and oxygen atoms in total. The van der Waals surface area contributed by atoms with Crippen LogP contribution in [0.15, 0.2) is 90.3 Å². The molecular weight excluding hydrogens is 364 g/mol. The number of benzene rings is 3. The lowest BCUT2D eigenvalue weighted by atomic mass is 9.96. The van der Waals surface area contributed by atoms with E-state index in [4.69, 9.17) is 11.2 Å². The van der Waals surface area contributed by atoms with E-state index >= 15 is 0 Å². The molecule has 4 rings (SSSR count). The Balaban J connectivity index is 1.66. The third-order valence-electron chi connectivity index (χ3n) is 4.76. The lowest BCUT2D eigenvalue weighted by Crippen LogP contribution is -2.27. The molecule has 0 saturated carbocycles. The average molecular weight is 383 g/mol. The topological polar surface area (TPSA) is 26.3 Å². The maximum Gasteiger partial charge on any atom is 0.340 e. The van der Waals surface area contributed by atoms with Gasteiger partial charge in [0.2, 0.25) is 0 Å². The largest absolute Gasteiger partial charge is 0.438 e. The summed E-state index contributed by atoms with van der Waals surface area (Å²) in [5, 5.41) is 3.41. The zero-order valence-corrected chi connectivity index (χ0v) is 16.3. The quantitative estimate of drug-likeness (QED) is 0.235. The summed E-state index contributed by atoms with van der Waals surface area (Å²) in [5.74, 6) is 2.20. The molecule has 2 unspecified atom stereocenters. The molecule has 0 aliphatic carbocycles. The van der Waals surface area contributed by atoms with E-state index in [1.165, 1.54) is 10.1 Å². The monoisotopic (exact) mass is 383 g/mol. The van der Waals surface area contributed by atoms with Crippen molar-refractivity contribution in [1.29, 1.82) is 0 Å². The molecule has 1 aromatic heterocycles. The SMILES string of the molecule is C#CC(C)(OC(=O)c1cccc(-[s+]2ccc3ccccc32)c1)c1ccccc1. The van der Waals surface area contributed by atoms with Gasteiger partial charge in [0, 0.05) is 33.6 Å². The standard InChI is InChI=1S/C25H19O2S/c1-3-25(2,21-12-5-4-6-13-21)27-24(26)20-11-9-14-22(18-20)28-17-16-19-10-7-8-15-23(19)28/h1,4-18H,2H3/q+1. The van der Waals surface area contributed by atoms with Crippen LogP contribution in [-0.2, 0) is 10.3 Å². The van der Waals surface area contributed by atoms with E-state index in [-0.39, 0.29) is 10.5 Å². The molecule has 0 saturated heterocycles. The van der Waals surface area contributed by atoms with Crippen LogP contribution in [0.2, 0.25) is 0 Å². The molecule has 28 heavy (non-hydrogen) atoms. The fourth-order valence-electron chi connectivity index (χ4n) is 3.17. The molecular formula is C25H19O2S+. The van der Waals surface area contributed by atoms with Crippen molar-refractivity contribution in [1.82, 2.24) is 0 Å². The van der Waals surface area contributed by atoms with Crippen molar-refractivity contribution in [3.63, 3.8) is 0 Å². The molecule has 0 fully saturated rings. The number of carbonyl (C=O) groups is 1. The molecule has 0 radical (unpaired) electrons. The second kappa shape index (κ2) is 7.34. The Morgan fingerprint density at radius 3 is 2.50 bits per heavy atom. The van der Waals surface area contributed by atoms with Crippen LogP contribution in [0.4, 0.5) is 0 Å². The highest BCUT2D eigenvalue weighted by molar-refractivity contribution is 7.43. The summed E-state index contributed by atoms with van der Waals surface area (Å²) in [4.78, 5) is 14.0. The molecule has 136 valence electrons. The van der Waals surface area contributed by atoms with Gasteiger partial charge in [-0.3, -0.25) is 0 Å². The predicted octanol–water partition coefficient (Wildman–Crippen LogP) is 6.28.